The normalized spacial score (nSPS) is 11.2. The summed E-state index contributed by atoms with van der Waals surface area (Å²) < 4.78 is 1.98. The van der Waals surface area contributed by atoms with Crippen LogP contribution in [0.15, 0.2) is 6.20 Å². The molecule has 0 saturated heterocycles. The maximum atomic E-state index is 4.28. The van der Waals surface area contributed by atoms with E-state index >= 15 is 0 Å². The first-order valence-corrected chi connectivity index (χ1v) is 4.82. The van der Waals surface area contributed by atoms with E-state index in [0.717, 1.165) is 13.0 Å². The highest BCUT2D eigenvalue weighted by Crippen LogP contribution is 2.18. The van der Waals surface area contributed by atoms with Gasteiger partial charge in [0.15, 0.2) is 0 Å². The molecule has 0 radical (unpaired) electrons. The first-order chi connectivity index (χ1) is 6.16. The zero-order valence-electron chi connectivity index (χ0n) is 8.96. The largest absolute Gasteiger partial charge is 0.319 e. The summed E-state index contributed by atoms with van der Waals surface area (Å²) in [5.74, 6) is 0.570. The van der Waals surface area contributed by atoms with Crippen LogP contribution in [0.1, 0.15) is 31.0 Å². The van der Waals surface area contributed by atoms with Crippen molar-refractivity contribution in [3.05, 3.63) is 17.5 Å². The Bertz CT molecular complexity index is 263. The van der Waals surface area contributed by atoms with Gasteiger partial charge in [-0.2, -0.15) is 5.10 Å². The molecule has 1 aromatic rings. The topological polar surface area (TPSA) is 29.9 Å². The molecule has 0 saturated carbocycles. The van der Waals surface area contributed by atoms with Gasteiger partial charge in [-0.3, -0.25) is 4.68 Å². The summed E-state index contributed by atoms with van der Waals surface area (Å²) in [7, 11) is 3.99. The molecule has 0 atom stereocenters. The van der Waals surface area contributed by atoms with Gasteiger partial charge >= 0.3 is 0 Å². The second-order valence-electron chi connectivity index (χ2n) is 3.68. The van der Waals surface area contributed by atoms with Gasteiger partial charge in [-0.15, -0.1) is 0 Å². The SMILES string of the molecule is CNCCc1c(C(C)C)cnn1C. The predicted molar refractivity (Wildman–Crippen MR) is 54.9 cm³/mol. The fourth-order valence-electron chi connectivity index (χ4n) is 1.51. The molecule has 0 bridgehead atoms. The van der Waals surface area contributed by atoms with Gasteiger partial charge in [0.1, 0.15) is 0 Å². The van der Waals surface area contributed by atoms with Crippen molar-refractivity contribution in [3.63, 3.8) is 0 Å². The molecule has 3 heteroatoms. The Kier molecular flexibility index (Phi) is 3.48. The van der Waals surface area contributed by atoms with E-state index in [-0.39, 0.29) is 0 Å². The summed E-state index contributed by atoms with van der Waals surface area (Å²) in [5.41, 5.74) is 2.72. The van der Waals surface area contributed by atoms with Gasteiger partial charge in [-0.25, -0.2) is 0 Å². The van der Waals surface area contributed by atoms with Gasteiger partial charge in [0.2, 0.25) is 0 Å². The fourth-order valence-corrected chi connectivity index (χ4v) is 1.51. The van der Waals surface area contributed by atoms with E-state index in [4.69, 9.17) is 0 Å². The van der Waals surface area contributed by atoms with E-state index in [1.165, 1.54) is 11.3 Å². The van der Waals surface area contributed by atoms with Crippen molar-refractivity contribution in [1.29, 1.82) is 0 Å². The molecule has 1 heterocycles. The highest BCUT2D eigenvalue weighted by molar-refractivity contribution is 5.21. The average Bonchev–Trinajstić information content (AvgIpc) is 2.43. The summed E-state index contributed by atoms with van der Waals surface area (Å²) in [6.45, 7) is 5.43. The van der Waals surface area contributed by atoms with Gasteiger partial charge in [0.25, 0.3) is 0 Å². The maximum Gasteiger partial charge on any atom is 0.0527 e. The first kappa shape index (κ1) is 10.3. The molecule has 1 aromatic heterocycles. The van der Waals surface area contributed by atoms with Crippen LogP contribution in [0, 0.1) is 0 Å². The summed E-state index contributed by atoms with van der Waals surface area (Å²) >= 11 is 0. The van der Waals surface area contributed by atoms with Crippen molar-refractivity contribution in [3.8, 4) is 0 Å². The smallest absolute Gasteiger partial charge is 0.0527 e. The molecule has 0 spiro atoms. The quantitative estimate of drug-likeness (QED) is 0.759. The molecule has 0 aromatic carbocycles. The molecule has 3 nitrogen and oxygen atoms in total. The van der Waals surface area contributed by atoms with Gasteiger partial charge in [-0.1, -0.05) is 13.8 Å². The second-order valence-corrected chi connectivity index (χ2v) is 3.68. The zero-order chi connectivity index (χ0) is 9.84. The lowest BCUT2D eigenvalue weighted by molar-refractivity contribution is 0.672. The van der Waals surface area contributed by atoms with E-state index in [0.29, 0.717) is 5.92 Å². The minimum atomic E-state index is 0.570. The minimum absolute atomic E-state index is 0.570. The number of aryl methyl sites for hydroxylation is 1. The summed E-state index contributed by atoms with van der Waals surface area (Å²) in [6.07, 6.45) is 3.04. The molecule has 0 amide bonds. The van der Waals surface area contributed by atoms with Gasteiger partial charge in [0.05, 0.1) is 6.20 Å². The van der Waals surface area contributed by atoms with Crippen molar-refractivity contribution in [1.82, 2.24) is 15.1 Å². The van der Waals surface area contributed by atoms with Crippen molar-refractivity contribution < 1.29 is 0 Å². The molecule has 0 aliphatic rings. The van der Waals surface area contributed by atoms with Crippen LogP contribution in [-0.2, 0) is 13.5 Å². The van der Waals surface area contributed by atoms with Crippen LogP contribution in [0.3, 0.4) is 0 Å². The average molecular weight is 181 g/mol. The number of aromatic nitrogens is 2. The number of hydrogen-bond acceptors (Lipinski definition) is 2. The van der Waals surface area contributed by atoms with E-state index < -0.39 is 0 Å². The third-order valence-electron chi connectivity index (χ3n) is 2.33. The second kappa shape index (κ2) is 4.42. The van der Waals surface area contributed by atoms with Crippen molar-refractivity contribution in [2.45, 2.75) is 26.2 Å². The van der Waals surface area contributed by atoms with Crippen LogP contribution in [0.5, 0.6) is 0 Å². The third kappa shape index (κ3) is 2.31. The van der Waals surface area contributed by atoms with Crippen molar-refractivity contribution in [2.24, 2.45) is 7.05 Å². The number of nitrogens with zero attached hydrogens (tertiary/aromatic N) is 2. The number of likely N-dealkylation sites (N-methyl/N-ethyl adjacent to an activating group) is 1. The molecule has 0 aliphatic carbocycles. The lowest BCUT2D eigenvalue weighted by Gasteiger charge is -2.07. The Morgan fingerprint density at radius 3 is 2.77 bits per heavy atom. The number of nitrogens with one attached hydrogen (secondary N) is 1. The van der Waals surface area contributed by atoms with E-state index in [1.54, 1.807) is 0 Å². The van der Waals surface area contributed by atoms with Crippen molar-refractivity contribution in [2.75, 3.05) is 13.6 Å². The lowest BCUT2D eigenvalue weighted by Crippen LogP contribution is -2.14. The number of rotatable bonds is 4. The van der Waals surface area contributed by atoms with Crippen LogP contribution in [0.25, 0.3) is 0 Å². The Hall–Kier alpha value is -0.830. The molecule has 0 fully saturated rings. The maximum absolute atomic E-state index is 4.28. The summed E-state index contributed by atoms with van der Waals surface area (Å²) in [4.78, 5) is 0. The molecule has 0 aliphatic heterocycles. The monoisotopic (exact) mass is 181 g/mol. The van der Waals surface area contributed by atoms with E-state index in [2.05, 4.69) is 24.3 Å². The number of hydrogen-bond donors (Lipinski definition) is 1. The molecule has 74 valence electrons. The summed E-state index contributed by atoms with van der Waals surface area (Å²) in [6, 6.07) is 0. The van der Waals surface area contributed by atoms with Crippen LogP contribution in [-0.4, -0.2) is 23.4 Å². The Labute approximate surface area is 80.1 Å². The van der Waals surface area contributed by atoms with Gasteiger partial charge in [-0.05, 0) is 18.5 Å². The molecule has 13 heavy (non-hydrogen) atoms. The Balaban J connectivity index is 2.82. The van der Waals surface area contributed by atoms with E-state index in [9.17, 15) is 0 Å². The molecular formula is C10H19N3. The molecule has 1 rings (SSSR count). The van der Waals surface area contributed by atoms with Gasteiger partial charge in [0, 0.05) is 25.7 Å². The molecule has 1 N–H and O–H groups in total. The van der Waals surface area contributed by atoms with Crippen LogP contribution < -0.4 is 5.32 Å². The van der Waals surface area contributed by atoms with Crippen LogP contribution >= 0.6 is 0 Å². The van der Waals surface area contributed by atoms with Crippen LogP contribution in [0.2, 0.25) is 0 Å². The lowest BCUT2D eigenvalue weighted by atomic mass is 10.0. The minimum Gasteiger partial charge on any atom is -0.319 e. The predicted octanol–water partition coefficient (Wildman–Crippen LogP) is 1.31. The molecular weight excluding hydrogens is 162 g/mol. The fraction of sp³-hybridized carbons (Fsp3) is 0.700. The summed E-state index contributed by atoms with van der Waals surface area (Å²) in [5, 5.41) is 7.44. The standard InChI is InChI=1S/C10H19N3/c1-8(2)9-7-12-13(4)10(9)5-6-11-3/h7-8,11H,5-6H2,1-4H3. The highest BCUT2D eigenvalue weighted by Gasteiger charge is 2.10. The van der Waals surface area contributed by atoms with Crippen molar-refractivity contribution >= 4 is 0 Å². The van der Waals surface area contributed by atoms with E-state index in [1.807, 2.05) is 25.0 Å². The Morgan fingerprint density at radius 1 is 1.54 bits per heavy atom. The molecule has 0 unspecified atom stereocenters. The first-order valence-electron chi connectivity index (χ1n) is 4.82. The third-order valence-corrected chi connectivity index (χ3v) is 2.33. The highest BCUT2D eigenvalue weighted by atomic mass is 15.3. The zero-order valence-corrected chi connectivity index (χ0v) is 8.96. The Morgan fingerprint density at radius 2 is 2.23 bits per heavy atom. The van der Waals surface area contributed by atoms with Gasteiger partial charge < -0.3 is 5.32 Å². The van der Waals surface area contributed by atoms with Crippen LogP contribution in [0.4, 0.5) is 0 Å².